The number of aromatic nitrogens is 3. The van der Waals surface area contributed by atoms with E-state index in [0.717, 1.165) is 43.4 Å². The van der Waals surface area contributed by atoms with Gasteiger partial charge in [-0.2, -0.15) is 15.0 Å². The summed E-state index contributed by atoms with van der Waals surface area (Å²) in [4.78, 5) is 18.1. The molecule has 2 saturated carbocycles. The van der Waals surface area contributed by atoms with Crippen LogP contribution in [0.1, 0.15) is 32.6 Å². The maximum Gasteiger partial charge on any atom is 0.231 e. The van der Waals surface area contributed by atoms with Crippen molar-refractivity contribution in [2.75, 3.05) is 48.8 Å². The van der Waals surface area contributed by atoms with E-state index in [9.17, 15) is 0 Å². The second-order valence-corrected chi connectivity index (χ2v) is 6.48. The molecule has 116 valence electrons. The lowest BCUT2D eigenvalue weighted by molar-refractivity contribution is 0.659. The zero-order valence-corrected chi connectivity index (χ0v) is 13.3. The fourth-order valence-corrected chi connectivity index (χ4v) is 2.39. The molecule has 0 unspecified atom stereocenters. The Morgan fingerprint density at radius 3 is 2.00 bits per heavy atom. The van der Waals surface area contributed by atoms with Gasteiger partial charge in [-0.3, -0.25) is 0 Å². The Morgan fingerprint density at radius 2 is 1.52 bits per heavy atom. The molecule has 2 aliphatic rings. The van der Waals surface area contributed by atoms with Gasteiger partial charge < -0.3 is 15.1 Å². The van der Waals surface area contributed by atoms with Crippen LogP contribution in [-0.4, -0.2) is 48.7 Å². The second kappa shape index (κ2) is 6.03. The minimum atomic E-state index is 0.683. The number of nitrogens with one attached hydrogen (secondary N) is 1. The van der Waals surface area contributed by atoms with Gasteiger partial charge in [0.15, 0.2) is 0 Å². The Morgan fingerprint density at radius 1 is 0.952 bits per heavy atom. The van der Waals surface area contributed by atoms with Crippen LogP contribution in [0.3, 0.4) is 0 Å². The molecular weight excluding hydrogens is 264 g/mol. The molecule has 1 aromatic heterocycles. The molecule has 1 N–H and O–H groups in total. The molecular formula is C15H26N6. The highest BCUT2D eigenvalue weighted by molar-refractivity contribution is 5.44. The van der Waals surface area contributed by atoms with Gasteiger partial charge >= 0.3 is 0 Å². The van der Waals surface area contributed by atoms with Crippen molar-refractivity contribution in [3.8, 4) is 0 Å². The van der Waals surface area contributed by atoms with Gasteiger partial charge in [-0.1, -0.05) is 0 Å². The third-order valence-corrected chi connectivity index (χ3v) is 3.98. The predicted molar refractivity (Wildman–Crippen MR) is 86.0 cm³/mol. The Labute approximate surface area is 127 Å². The molecule has 2 fully saturated rings. The van der Waals surface area contributed by atoms with E-state index in [4.69, 9.17) is 0 Å². The van der Waals surface area contributed by atoms with Gasteiger partial charge in [0.1, 0.15) is 0 Å². The van der Waals surface area contributed by atoms with Crippen molar-refractivity contribution >= 4 is 17.8 Å². The molecule has 0 saturated heterocycles. The van der Waals surface area contributed by atoms with Crippen LogP contribution in [0, 0.1) is 11.8 Å². The molecule has 6 heteroatoms. The first-order valence-corrected chi connectivity index (χ1v) is 8.08. The Bertz CT molecular complexity index is 467. The Hall–Kier alpha value is -1.59. The first-order valence-electron chi connectivity index (χ1n) is 8.08. The quantitative estimate of drug-likeness (QED) is 0.790. The zero-order chi connectivity index (χ0) is 14.8. The Balaban J connectivity index is 1.84. The van der Waals surface area contributed by atoms with Crippen molar-refractivity contribution in [2.24, 2.45) is 11.8 Å². The molecule has 0 aliphatic heterocycles. The summed E-state index contributed by atoms with van der Waals surface area (Å²) in [6.45, 7) is 5.07. The fraction of sp³-hybridized carbons (Fsp3) is 0.800. The van der Waals surface area contributed by atoms with Gasteiger partial charge in [0.05, 0.1) is 0 Å². The van der Waals surface area contributed by atoms with Gasteiger partial charge in [0, 0.05) is 33.7 Å². The highest BCUT2D eigenvalue weighted by Crippen LogP contribution is 2.35. The number of hydrogen-bond acceptors (Lipinski definition) is 6. The van der Waals surface area contributed by atoms with Gasteiger partial charge in [0.2, 0.25) is 17.8 Å². The third-order valence-electron chi connectivity index (χ3n) is 3.98. The lowest BCUT2D eigenvalue weighted by atomic mass is 10.3. The van der Waals surface area contributed by atoms with Crippen molar-refractivity contribution in [3.63, 3.8) is 0 Å². The van der Waals surface area contributed by atoms with Crippen LogP contribution in [0.2, 0.25) is 0 Å². The Kier molecular flexibility index (Phi) is 4.12. The smallest absolute Gasteiger partial charge is 0.231 e. The van der Waals surface area contributed by atoms with E-state index in [1.807, 2.05) is 19.0 Å². The molecule has 2 aliphatic carbocycles. The monoisotopic (exact) mass is 290 g/mol. The molecule has 0 aromatic carbocycles. The summed E-state index contributed by atoms with van der Waals surface area (Å²) < 4.78 is 0. The van der Waals surface area contributed by atoms with Crippen LogP contribution in [0.4, 0.5) is 17.8 Å². The number of rotatable bonds is 8. The van der Waals surface area contributed by atoms with Crippen molar-refractivity contribution in [3.05, 3.63) is 0 Å². The van der Waals surface area contributed by atoms with Crippen LogP contribution < -0.4 is 15.1 Å². The van der Waals surface area contributed by atoms with Crippen molar-refractivity contribution in [1.82, 2.24) is 15.0 Å². The fourth-order valence-electron chi connectivity index (χ4n) is 2.39. The molecule has 0 spiro atoms. The summed E-state index contributed by atoms with van der Waals surface area (Å²) in [5.74, 6) is 3.93. The van der Waals surface area contributed by atoms with Crippen LogP contribution in [0.15, 0.2) is 0 Å². The number of hydrogen-bond donors (Lipinski definition) is 1. The average Bonchev–Trinajstić information content (AvgIpc) is 3.33. The van der Waals surface area contributed by atoms with Crippen LogP contribution in [0.5, 0.6) is 0 Å². The number of nitrogens with zero attached hydrogens (tertiary/aromatic N) is 5. The second-order valence-electron chi connectivity index (χ2n) is 6.48. The largest absolute Gasteiger partial charge is 0.354 e. The van der Waals surface area contributed by atoms with Crippen molar-refractivity contribution < 1.29 is 0 Å². The van der Waals surface area contributed by atoms with E-state index >= 15 is 0 Å². The standard InChI is InChI=1S/C15H26N6/c1-4-16-13-17-14(20(2)3)19-15(18-13)21(9-11-5-6-11)10-12-7-8-12/h11-12H,4-10H2,1-3H3,(H,16,17,18,19). The minimum absolute atomic E-state index is 0.683. The molecule has 1 heterocycles. The first-order chi connectivity index (χ1) is 10.2. The molecule has 21 heavy (non-hydrogen) atoms. The lowest BCUT2D eigenvalue weighted by Gasteiger charge is -2.24. The molecule has 6 nitrogen and oxygen atoms in total. The van der Waals surface area contributed by atoms with E-state index < -0.39 is 0 Å². The maximum atomic E-state index is 4.67. The van der Waals surface area contributed by atoms with E-state index in [1.165, 1.54) is 25.7 Å². The average molecular weight is 290 g/mol. The third kappa shape index (κ3) is 3.95. The topological polar surface area (TPSA) is 57.2 Å². The van der Waals surface area contributed by atoms with E-state index in [-0.39, 0.29) is 0 Å². The summed E-state index contributed by atoms with van der Waals surface area (Å²) in [6, 6.07) is 0. The highest BCUT2D eigenvalue weighted by atomic mass is 15.4. The molecule has 0 atom stereocenters. The highest BCUT2D eigenvalue weighted by Gasteiger charge is 2.30. The minimum Gasteiger partial charge on any atom is -0.354 e. The van der Waals surface area contributed by atoms with Crippen LogP contribution >= 0.6 is 0 Å². The van der Waals surface area contributed by atoms with E-state index in [1.54, 1.807) is 0 Å². The summed E-state index contributed by atoms with van der Waals surface area (Å²) >= 11 is 0. The summed E-state index contributed by atoms with van der Waals surface area (Å²) in [7, 11) is 3.95. The van der Waals surface area contributed by atoms with Gasteiger partial charge in [-0.05, 0) is 44.4 Å². The van der Waals surface area contributed by atoms with Gasteiger partial charge in [0.25, 0.3) is 0 Å². The number of anilines is 3. The van der Waals surface area contributed by atoms with Crippen molar-refractivity contribution in [1.29, 1.82) is 0 Å². The lowest BCUT2D eigenvalue weighted by Crippen LogP contribution is -2.31. The maximum absolute atomic E-state index is 4.67. The molecule has 3 rings (SSSR count). The van der Waals surface area contributed by atoms with Gasteiger partial charge in [-0.15, -0.1) is 0 Å². The van der Waals surface area contributed by atoms with E-state index in [2.05, 4.69) is 32.1 Å². The SMILES string of the molecule is CCNc1nc(N(C)C)nc(N(CC2CC2)CC2CC2)n1. The van der Waals surface area contributed by atoms with Crippen LogP contribution in [0.25, 0.3) is 0 Å². The summed E-state index contributed by atoms with van der Waals surface area (Å²) in [5, 5.41) is 3.22. The van der Waals surface area contributed by atoms with Gasteiger partial charge in [-0.25, -0.2) is 0 Å². The molecule has 0 bridgehead atoms. The first kappa shape index (κ1) is 14.4. The molecule has 0 radical (unpaired) electrons. The summed E-state index contributed by atoms with van der Waals surface area (Å²) in [6.07, 6.45) is 5.42. The van der Waals surface area contributed by atoms with E-state index in [0.29, 0.717) is 5.95 Å². The summed E-state index contributed by atoms with van der Waals surface area (Å²) in [5.41, 5.74) is 0. The molecule has 1 aromatic rings. The predicted octanol–water partition coefficient (Wildman–Crippen LogP) is 2.00. The molecule has 0 amide bonds. The normalized spacial score (nSPS) is 17.7. The van der Waals surface area contributed by atoms with Crippen molar-refractivity contribution in [2.45, 2.75) is 32.6 Å². The van der Waals surface area contributed by atoms with Crippen LogP contribution in [-0.2, 0) is 0 Å². The zero-order valence-electron chi connectivity index (χ0n) is 13.3.